The predicted molar refractivity (Wildman–Crippen MR) is 115 cm³/mol. The molecule has 0 radical (unpaired) electrons. The molecule has 3 amide bonds. The Hall–Kier alpha value is -2.58. The molecular weight excluding hydrogens is 465 g/mol. The summed E-state index contributed by atoms with van der Waals surface area (Å²) in [6.07, 6.45) is 1.55. The zero-order valence-electron chi connectivity index (χ0n) is 16.7. The van der Waals surface area contributed by atoms with Gasteiger partial charge in [0, 0.05) is 21.8 Å². The molecule has 0 aliphatic carbocycles. The number of benzene rings is 2. The first-order chi connectivity index (χ1) is 14.9. The molecule has 158 valence electrons. The minimum absolute atomic E-state index is 0.226. The van der Waals surface area contributed by atoms with Gasteiger partial charge in [-0.25, -0.2) is 9.29 Å². The summed E-state index contributed by atoms with van der Waals surface area (Å²) in [6.45, 7) is 2.52. The van der Waals surface area contributed by atoms with E-state index in [-0.39, 0.29) is 17.9 Å². The van der Waals surface area contributed by atoms with Crippen LogP contribution in [0, 0.1) is 24.6 Å². The molecule has 4 aliphatic heterocycles. The fraction of sp³-hybridized carbons (Fsp3) is 0.348. The van der Waals surface area contributed by atoms with Crippen LogP contribution in [0.15, 0.2) is 40.9 Å². The molecule has 4 aliphatic rings. The van der Waals surface area contributed by atoms with E-state index in [1.54, 1.807) is 6.07 Å². The summed E-state index contributed by atoms with van der Waals surface area (Å²) in [5.41, 5.74) is 1.08. The highest BCUT2D eigenvalue weighted by molar-refractivity contribution is 9.10. The van der Waals surface area contributed by atoms with Crippen LogP contribution in [0.2, 0.25) is 0 Å². The normalized spacial score (nSPS) is 31.4. The van der Waals surface area contributed by atoms with Crippen LogP contribution in [0.3, 0.4) is 0 Å². The summed E-state index contributed by atoms with van der Waals surface area (Å²) in [6, 6.07) is 9.39. The van der Waals surface area contributed by atoms with Gasteiger partial charge in [0.15, 0.2) is 0 Å². The van der Waals surface area contributed by atoms with Crippen molar-refractivity contribution in [1.29, 1.82) is 0 Å². The van der Waals surface area contributed by atoms with Crippen molar-refractivity contribution in [3.8, 4) is 0 Å². The number of anilines is 2. The number of hydrogen-bond acceptors (Lipinski definition) is 4. The van der Waals surface area contributed by atoms with Gasteiger partial charge in [-0.2, -0.15) is 0 Å². The van der Waals surface area contributed by atoms with E-state index in [0.717, 1.165) is 18.4 Å². The summed E-state index contributed by atoms with van der Waals surface area (Å²) < 4.78 is 14.9. The highest BCUT2D eigenvalue weighted by Gasteiger charge is 2.74. The van der Waals surface area contributed by atoms with E-state index in [2.05, 4.69) is 21.2 Å². The summed E-state index contributed by atoms with van der Waals surface area (Å²) in [4.78, 5) is 44.2. The average Bonchev–Trinajstić information content (AvgIpc) is 3.42. The lowest BCUT2D eigenvalue weighted by molar-refractivity contribution is -0.135. The molecule has 3 fully saturated rings. The number of halogens is 2. The van der Waals surface area contributed by atoms with Crippen molar-refractivity contribution in [2.24, 2.45) is 11.8 Å². The van der Waals surface area contributed by atoms with Crippen molar-refractivity contribution >= 4 is 45.0 Å². The third-order valence-corrected chi connectivity index (χ3v) is 7.93. The molecule has 31 heavy (non-hydrogen) atoms. The number of hydrogen-bond donors (Lipinski definition) is 1. The van der Waals surface area contributed by atoms with E-state index >= 15 is 0 Å². The van der Waals surface area contributed by atoms with Crippen molar-refractivity contribution in [3.05, 3.63) is 57.8 Å². The largest absolute Gasteiger partial charge is 0.324 e. The summed E-state index contributed by atoms with van der Waals surface area (Å²) in [5, 5.41) is 2.85. The van der Waals surface area contributed by atoms with E-state index in [1.165, 1.54) is 23.1 Å². The number of amides is 3. The van der Waals surface area contributed by atoms with Crippen LogP contribution < -0.4 is 10.2 Å². The van der Waals surface area contributed by atoms with Gasteiger partial charge in [-0.15, -0.1) is 0 Å². The summed E-state index contributed by atoms with van der Waals surface area (Å²) in [7, 11) is 0. The Kier molecular flexibility index (Phi) is 3.85. The fourth-order valence-electron chi connectivity index (χ4n) is 6.21. The van der Waals surface area contributed by atoms with E-state index in [9.17, 15) is 18.8 Å². The maximum absolute atomic E-state index is 14.3. The number of rotatable bonds is 1. The number of carbonyl (C=O) groups is 3. The number of aryl methyl sites for hydroxylation is 1. The predicted octanol–water partition coefficient (Wildman–Crippen LogP) is 3.33. The van der Waals surface area contributed by atoms with Gasteiger partial charge in [0.2, 0.25) is 17.7 Å². The second kappa shape index (κ2) is 6.23. The Morgan fingerprint density at radius 3 is 2.71 bits per heavy atom. The van der Waals surface area contributed by atoms with Crippen molar-refractivity contribution in [1.82, 2.24) is 4.90 Å². The maximum atomic E-state index is 14.3. The first-order valence-corrected chi connectivity index (χ1v) is 11.2. The summed E-state index contributed by atoms with van der Waals surface area (Å²) >= 11 is 3.49. The molecular formula is C23H19BrFN3O3. The molecule has 1 N–H and O–H groups in total. The first-order valence-electron chi connectivity index (χ1n) is 10.4. The highest BCUT2D eigenvalue weighted by Crippen LogP contribution is 2.60. The molecule has 1 spiro atoms. The van der Waals surface area contributed by atoms with E-state index in [0.29, 0.717) is 28.0 Å². The molecule has 4 heterocycles. The molecule has 4 atom stereocenters. The maximum Gasteiger partial charge on any atom is 0.250 e. The van der Waals surface area contributed by atoms with Crippen LogP contribution in [-0.2, 0) is 19.9 Å². The van der Waals surface area contributed by atoms with Gasteiger partial charge in [0.1, 0.15) is 11.4 Å². The fourth-order valence-corrected chi connectivity index (χ4v) is 6.88. The minimum atomic E-state index is -1.36. The van der Waals surface area contributed by atoms with Crippen molar-refractivity contribution in [2.45, 2.75) is 31.3 Å². The zero-order chi connectivity index (χ0) is 21.7. The molecule has 3 saturated heterocycles. The van der Waals surface area contributed by atoms with Gasteiger partial charge < -0.3 is 5.32 Å². The monoisotopic (exact) mass is 483 g/mol. The zero-order valence-corrected chi connectivity index (χ0v) is 18.3. The van der Waals surface area contributed by atoms with Gasteiger partial charge in [-0.3, -0.25) is 19.3 Å². The van der Waals surface area contributed by atoms with Crippen LogP contribution in [0.1, 0.15) is 24.0 Å². The molecule has 0 bridgehead atoms. The van der Waals surface area contributed by atoms with Crippen molar-refractivity contribution in [3.63, 3.8) is 0 Å². The van der Waals surface area contributed by atoms with Crippen LogP contribution in [0.4, 0.5) is 15.8 Å². The second-order valence-corrected chi connectivity index (χ2v) is 9.64. The minimum Gasteiger partial charge on any atom is -0.324 e. The lowest BCUT2D eigenvalue weighted by Crippen LogP contribution is -2.54. The molecule has 6 rings (SSSR count). The Balaban J connectivity index is 1.57. The molecule has 2 aromatic rings. The van der Waals surface area contributed by atoms with Crippen LogP contribution in [-0.4, -0.2) is 35.2 Å². The highest BCUT2D eigenvalue weighted by atomic mass is 79.9. The Morgan fingerprint density at radius 2 is 1.94 bits per heavy atom. The lowest BCUT2D eigenvalue weighted by atomic mass is 9.75. The van der Waals surface area contributed by atoms with E-state index in [1.807, 2.05) is 24.0 Å². The Bertz CT molecular complexity index is 1200. The Labute approximate surface area is 186 Å². The van der Waals surface area contributed by atoms with Gasteiger partial charge in [0.05, 0.1) is 17.5 Å². The second-order valence-electron chi connectivity index (χ2n) is 8.78. The van der Waals surface area contributed by atoms with Crippen molar-refractivity contribution in [2.75, 3.05) is 16.8 Å². The van der Waals surface area contributed by atoms with E-state index < -0.39 is 29.1 Å². The molecule has 0 saturated carbocycles. The van der Waals surface area contributed by atoms with Crippen molar-refractivity contribution < 1.29 is 18.8 Å². The molecule has 0 aromatic heterocycles. The number of imide groups is 1. The van der Waals surface area contributed by atoms with Crippen LogP contribution in [0.5, 0.6) is 0 Å². The average molecular weight is 484 g/mol. The Morgan fingerprint density at radius 1 is 1.13 bits per heavy atom. The van der Waals surface area contributed by atoms with Gasteiger partial charge >= 0.3 is 0 Å². The molecule has 6 nitrogen and oxygen atoms in total. The topological polar surface area (TPSA) is 69.7 Å². The van der Waals surface area contributed by atoms with Gasteiger partial charge in [-0.05, 0) is 78.1 Å². The smallest absolute Gasteiger partial charge is 0.250 e. The number of fused-ring (bicyclic) bond motifs is 7. The standard InChI is InChI=1S/C23H19BrFN3O3/c1-11-4-7-16(14(24)9-11)28-20(29)18-17-3-2-8-27(17)23(19(18)21(28)30)13-10-12(25)5-6-15(13)26-22(23)31/h4-7,9-10,17-19H,2-3,8H2,1H3,(H,26,31)/t17-,18+,19-,23-/m0/s1. The number of carbonyl (C=O) groups excluding carboxylic acids is 3. The van der Waals surface area contributed by atoms with Gasteiger partial charge in [-0.1, -0.05) is 6.07 Å². The molecule has 8 heteroatoms. The van der Waals surface area contributed by atoms with Crippen LogP contribution in [0.25, 0.3) is 0 Å². The number of nitrogens with one attached hydrogen (secondary N) is 1. The molecule has 0 unspecified atom stereocenters. The third-order valence-electron chi connectivity index (χ3n) is 7.30. The third kappa shape index (κ3) is 2.22. The van der Waals surface area contributed by atoms with Gasteiger partial charge in [0.25, 0.3) is 0 Å². The quantitative estimate of drug-likeness (QED) is 0.631. The van der Waals surface area contributed by atoms with Crippen LogP contribution >= 0.6 is 15.9 Å². The summed E-state index contributed by atoms with van der Waals surface area (Å²) in [5.74, 6) is -3.03. The first kappa shape index (κ1) is 19.1. The number of nitrogens with zero attached hydrogens (tertiary/aromatic N) is 2. The van der Waals surface area contributed by atoms with E-state index in [4.69, 9.17) is 0 Å². The SMILES string of the molecule is Cc1ccc(N2C(=O)[C@H]3[C@@H](C2=O)[C@@]2(C(=O)Nc4ccc(F)cc42)N2CCC[C@@H]32)c(Br)c1. The lowest BCUT2D eigenvalue weighted by Gasteiger charge is -2.36. The molecule has 2 aromatic carbocycles.